The summed E-state index contributed by atoms with van der Waals surface area (Å²) in [4.78, 5) is 12.1. The quantitative estimate of drug-likeness (QED) is 0.291. The average Bonchev–Trinajstić information content (AvgIpc) is 3.47. The van der Waals surface area contributed by atoms with Crippen molar-refractivity contribution in [3.8, 4) is 28.7 Å². The van der Waals surface area contributed by atoms with E-state index in [1.54, 1.807) is 37.3 Å². The fourth-order valence-electron chi connectivity index (χ4n) is 7.38. The van der Waals surface area contributed by atoms with Gasteiger partial charge in [0.2, 0.25) is 6.29 Å². The molecule has 1 saturated carbocycles. The third-order valence-electron chi connectivity index (χ3n) is 9.52. The molecule has 0 amide bonds. The van der Waals surface area contributed by atoms with Crippen molar-refractivity contribution in [2.75, 3.05) is 28.4 Å². The molecule has 252 valence electrons. The van der Waals surface area contributed by atoms with Crippen LogP contribution in [0.1, 0.15) is 42.9 Å². The largest absolute Gasteiger partial charge is 0.496 e. The monoisotopic (exact) mass is 652 g/mol. The highest BCUT2D eigenvalue weighted by atomic mass is 16.7. The smallest absolute Gasteiger partial charge is 0.303 e. The lowest BCUT2D eigenvalue weighted by atomic mass is 9.71. The third kappa shape index (κ3) is 5.06. The fourth-order valence-corrected chi connectivity index (χ4v) is 7.38. The molecule has 6 rings (SSSR count). The fraction of sp³-hybridized carbons (Fsp3) is 0.457. The normalized spacial score (nSPS) is 32.5. The molecule has 3 aliphatic rings. The van der Waals surface area contributed by atoms with Crippen molar-refractivity contribution in [3.63, 3.8) is 0 Å². The Labute approximate surface area is 272 Å². The number of esters is 1. The summed E-state index contributed by atoms with van der Waals surface area (Å²) in [5.41, 5.74) is -2.01. The number of methoxy groups -OCH3 is 4. The molecule has 2 fully saturated rings. The Bertz CT molecular complexity index is 1610. The van der Waals surface area contributed by atoms with Crippen LogP contribution < -0.4 is 23.7 Å². The average molecular weight is 653 g/mol. The summed E-state index contributed by atoms with van der Waals surface area (Å²) in [5, 5.41) is 35.4. The standard InChI is InChI=1S/C35H40O12/c1-18-30(38)31(43-6)32(45-19(2)36)33(44-18)46-25-14-21(12-13-24(25)41-4)35-23(20-10-8-7-9-11-20)17-28(37)34(35,39)29-26(42-5)15-22(40-3)16-27(29)47-35/h7-16,18,23,28,30-33,37-39H,17H2,1-6H3. The predicted molar refractivity (Wildman–Crippen MR) is 166 cm³/mol. The van der Waals surface area contributed by atoms with Crippen LogP contribution in [0.5, 0.6) is 28.7 Å². The first-order chi connectivity index (χ1) is 22.5. The highest BCUT2D eigenvalue weighted by Crippen LogP contribution is 2.69. The van der Waals surface area contributed by atoms with Crippen LogP contribution in [0, 0.1) is 0 Å². The Morgan fingerprint density at radius 3 is 2.26 bits per heavy atom. The van der Waals surface area contributed by atoms with Crippen molar-refractivity contribution in [1.29, 1.82) is 0 Å². The molecule has 0 radical (unpaired) electrons. The molecule has 3 N–H and O–H groups in total. The Hall–Kier alpha value is -4.07. The maximum absolute atomic E-state index is 12.9. The summed E-state index contributed by atoms with van der Waals surface area (Å²) in [6.45, 7) is 2.89. The number of rotatable bonds is 9. The van der Waals surface area contributed by atoms with E-state index in [9.17, 15) is 20.1 Å². The van der Waals surface area contributed by atoms with Crippen molar-refractivity contribution < 1.29 is 58.0 Å². The van der Waals surface area contributed by atoms with E-state index in [1.165, 1.54) is 35.4 Å². The first-order valence-corrected chi connectivity index (χ1v) is 15.3. The van der Waals surface area contributed by atoms with E-state index >= 15 is 0 Å². The van der Waals surface area contributed by atoms with E-state index in [4.69, 9.17) is 37.9 Å². The Balaban J connectivity index is 1.53. The maximum Gasteiger partial charge on any atom is 0.303 e. The summed E-state index contributed by atoms with van der Waals surface area (Å²) in [6, 6.07) is 17.9. The zero-order chi connectivity index (χ0) is 33.7. The molecule has 1 aliphatic carbocycles. The molecule has 12 heteroatoms. The van der Waals surface area contributed by atoms with Crippen LogP contribution in [0.4, 0.5) is 0 Å². The van der Waals surface area contributed by atoms with Crippen molar-refractivity contribution in [1.82, 2.24) is 0 Å². The number of carbonyl (C=O) groups excluding carboxylic acids is 1. The molecule has 2 heterocycles. The Morgan fingerprint density at radius 1 is 0.894 bits per heavy atom. The van der Waals surface area contributed by atoms with Gasteiger partial charge >= 0.3 is 5.97 Å². The molecule has 0 aromatic heterocycles. The van der Waals surface area contributed by atoms with Crippen molar-refractivity contribution in [2.24, 2.45) is 0 Å². The molecule has 3 aromatic carbocycles. The molecule has 9 unspecified atom stereocenters. The van der Waals surface area contributed by atoms with E-state index in [1.807, 2.05) is 30.3 Å². The van der Waals surface area contributed by atoms with Gasteiger partial charge in [-0.2, -0.15) is 0 Å². The highest BCUT2D eigenvalue weighted by Gasteiger charge is 2.73. The molecule has 12 nitrogen and oxygen atoms in total. The van der Waals surface area contributed by atoms with E-state index in [0.29, 0.717) is 28.4 Å². The first kappa shape index (κ1) is 32.9. The van der Waals surface area contributed by atoms with Gasteiger partial charge in [-0.1, -0.05) is 36.4 Å². The predicted octanol–water partition coefficient (Wildman–Crippen LogP) is 3.17. The topological polar surface area (TPSA) is 152 Å². The molecule has 1 saturated heterocycles. The van der Waals surface area contributed by atoms with Gasteiger partial charge < -0.3 is 53.2 Å². The minimum Gasteiger partial charge on any atom is -0.496 e. The highest BCUT2D eigenvalue weighted by molar-refractivity contribution is 5.66. The number of hydrogen-bond donors (Lipinski definition) is 3. The summed E-state index contributed by atoms with van der Waals surface area (Å²) in [7, 11) is 5.86. The molecule has 0 bridgehead atoms. The third-order valence-corrected chi connectivity index (χ3v) is 9.52. The number of aliphatic hydroxyl groups excluding tert-OH is 2. The van der Waals surface area contributed by atoms with Crippen molar-refractivity contribution in [3.05, 3.63) is 77.4 Å². The van der Waals surface area contributed by atoms with Gasteiger partial charge in [-0.3, -0.25) is 4.79 Å². The van der Waals surface area contributed by atoms with Crippen LogP contribution in [0.3, 0.4) is 0 Å². The maximum atomic E-state index is 12.9. The van der Waals surface area contributed by atoms with Gasteiger partial charge in [0.05, 0.1) is 39.1 Å². The van der Waals surface area contributed by atoms with Gasteiger partial charge in [0, 0.05) is 37.6 Å². The van der Waals surface area contributed by atoms with E-state index in [-0.39, 0.29) is 17.9 Å². The van der Waals surface area contributed by atoms with Crippen molar-refractivity contribution in [2.45, 2.75) is 74.2 Å². The number of aliphatic hydroxyl groups is 3. The number of fused-ring (bicyclic) bond motifs is 3. The lowest BCUT2D eigenvalue weighted by Gasteiger charge is -2.42. The molecule has 47 heavy (non-hydrogen) atoms. The van der Waals surface area contributed by atoms with Crippen LogP contribution >= 0.6 is 0 Å². The molecular formula is C35H40O12. The molecular weight excluding hydrogens is 612 g/mol. The zero-order valence-electron chi connectivity index (χ0n) is 27.0. The molecule has 9 atom stereocenters. The minimum absolute atomic E-state index is 0.155. The lowest BCUT2D eigenvalue weighted by Crippen LogP contribution is -2.60. The summed E-state index contributed by atoms with van der Waals surface area (Å²) in [5.74, 6) is 0.320. The summed E-state index contributed by atoms with van der Waals surface area (Å²) in [6.07, 6.45) is -6.26. The zero-order valence-corrected chi connectivity index (χ0v) is 27.0. The van der Waals surface area contributed by atoms with Crippen LogP contribution in [0.25, 0.3) is 0 Å². The molecule has 0 spiro atoms. The summed E-state index contributed by atoms with van der Waals surface area (Å²) >= 11 is 0. The van der Waals surface area contributed by atoms with Crippen molar-refractivity contribution >= 4 is 5.97 Å². The number of benzene rings is 3. The second kappa shape index (κ2) is 12.5. The summed E-state index contributed by atoms with van der Waals surface area (Å²) < 4.78 is 47.2. The van der Waals surface area contributed by atoms with Gasteiger partial charge in [-0.15, -0.1) is 0 Å². The molecule has 2 aliphatic heterocycles. The second-order valence-electron chi connectivity index (χ2n) is 12.0. The lowest BCUT2D eigenvalue weighted by molar-refractivity contribution is -0.278. The van der Waals surface area contributed by atoms with Crippen LogP contribution in [0.15, 0.2) is 60.7 Å². The van der Waals surface area contributed by atoms with Gasteiger partial charge in [0.1, 0.15) is 29.5 Å². The minimum atomic E-state index is -1.99. The van der Waals surface area contributed by atoms with Crippen LogP contribution in [0.2, 0.25) is 0 Å². The Kier molecular flexibility index (Phi) is 8.75. The number of ether oxygens (including phenoxy) is 8. The van der Waals surface area contributed by atoms with E-state index < -0.39 is 59.9 Å². The van der Waals surface area contributed by atoms with Crippen LogP contribution in [-0.4, -0.2) is 86.5 Å². The van der Waals surface area contributed by atoms with Crippen LogP contribution in [-0.2, 0) is 30.2 Å². The SMILES string of the molecule is COc1cc(OC)c2c(c1)OC1(c3ccc(OC)c(OC4OC(C)C(O)C(OC)C4OC(C)=O)c3)C(c3ccccc3)CC(O)C21O. The number of hydrogen-bond acceptors (Lipinski definition) is 12. The first-order valence-electron chi connectivity index (χ1n) is 15.3. The van der Waals surface area contributed by atoms with E-state index in [0.717, 1.165) is 5.56 Å². The molecule has 3 aromatic rings. The number of carbonyl (C=O) groups is 1. The van der Waals surface area contributed by atoms with E-state index in [2.05, 4.69) is 0 Å². The van der Waals surface area contributed by atoms with Gasteiger partial charge in [0.15, 0.2) is 28.8 Å². The van der Waals surface area contributed by atoms with Gasteiger partial charge in [-0.25, -0.2) is 0 Å². The van der Waals surface area contributed by atoms with Gasteiger partial charge in [0.25, 0.3) is 0 Å². The second-order valence-corrected chi connectivity index (χ2v) is 12.0. The van der Waals surface area contributed by atoms with Gasteiger partial charge in [-0.05, 0) is 31.0 Å². The Morgan fingerprint density at radius 2 is 1.62 bits per heavy atom.